The number of hydrazine groups is 1. The van der Waals surface area contributed by atoms with Crippen molar-refractivity contribution in [3.8, 4) is 0 Å². The molecule has 17 heavy (non-hydrogen) atoms. The Bertz CT molecular complexity index is 427. The molecular weight excluding hydrogens is 214 g/mol. The van der Waals surface area contributed by atoms with Gasteiger partial charge in [0.15, 0.2) is 0 Å². The maximum atomic E-state index is 11.5. The van der Waals surface area contributed by atoms with E-state index in [1.54, 1.807) is 0 Å². The lowest BCUT2D eigenvalue weighted by Gasteiger charge is -2.18. The smallest absolute Gasteiger partial charge is 0.238 e. The highest BCUT2D eigenvalue weighted by atomic mass is 16.2. The van der Waals surface area contributed by atoms with Gasteiger partial charge in [-0.3, -0.25) is 9.80 Å². The van der Waals surface area contributed by atoms with Gasteiger partial charge in [0.25, 0.3) is 0 Å². The van der Waals surface area contributed by atoms with E-state index in [0.29, 0.717) is 0 Å². The van der Waals surface area contributed by atoms with Crippen molar-refractivity contribution in [3.63, 3.8) is 0 Å². The van der Waals surface area contributed by atoms with Gasteiger partial charge in [-0.2, -0.15) is 0 Å². The first-order chi connectivity index (χ1) is 7.82. The highest BCUT2D eigenvalue weighted by molar-refractivity contribution is 5.76. The number of carbonyl (C=O) groups is 1. The van der Waals surface area contributed by atoms with Crippen LogP contribution in [-0.2, 0) is 4.79 Å². The zero-order valence-electron chi connectivity index (χ0n) is 10.9. The van der Waals surface area contributed by atoms with Crippen molar-refractivity contribution >= 4 is 5.91 Å². The Kier molecular flexibility index (Phi) is 4.26. The van der Waals surface area contributed by atoms with E-state index in [1.807, 2.05) is 13.8 Å². The van der Waals surface area contributed by atoms with E-state index in [9.17, 15) is 4.79 Å². The quantitative estimate of drug-likeness (QED) is 0.471. The first-order valence-corrected chi connectivity index (χ1v) is 5.67. The molecule has 0 saturated heterocycles. The molecule has 1 rings (SSSR count). The summed E-state index contributed by atoms with van der Waals surface area (Å²) < 4.78 is 0. The third kappa shape index (κ3) is 3.28. The van der Waals surface area contributed by atoms with Crippen LogP contribution in [0, 0.1) is 20.8 Å². The minimum Gasteiger partial charge on any atom is -0.324 e. The molecule has 94 valence electrons. The molecule has 1 unspecified atom stereocenters. The number of nitrogens with two attached hydrogens (primary N) is 2. The zero-order valence-corrected chi connectivity index (χ0v) is 10.9. The van der Waals surface area contributed by atoms with Crippen molar-refractivity contribution in [2.75, 3.05) is 7.05 Å². The van der Waals surface area contributed by atoms with Gasteiger partial charge in [0.1, 0.15) is 0 Å². The van der Waals surface area contributed by atoms with Crippen molar-refractivity contribution in [2.45, 2.75) is 33.2 Å². The van der Waals surface area contributed by atoms with Crippen LogP contribution in [0.4, 0.5) is 0 Å². The highest BCUT2D eigenvalue weighted by Crippen LogP contribution is 2.22. The van der Waals surface area contributed by atoms with Gasteiger partial charge in [-0.15, -0.1) is 0 Å². The van der Waals surface area contributed by atoms with Crippen LogP contribution in [0.2, 0.25) is 0 Å². The van der Waals surface area contributed by atoms with Gasteiger partial charge in [0, 0.05) is 19.5 Å². The average molecular weight is 235 g/mol. The maximum absolute atomic E-state index is 11.5. The van der Waals surface area contributed by atoms with Gasteiger partial charge >= 0.3 is 0 Å². The number of nitrogens with zero attached hydrogens (tertiary/aromatic N) is 1. The van der Waals surface area contributed by atoms with E-state index in [1.165, 1.54) is 18.2 Å². The third-order valence-corrected chi connectivity index (χ3v) is 3.07. The molecule has 4 N–H and O–H groups in total. The Balaban J connectivity index is 2.93. The molecule has 0 heterocycles. The standard InChI is InChI=1S/C13H21N3O/c1-8-5-10(3)11(6-9(8)2)12(14)7-13(17)16(4)15/h5-6,12H,7,14-15H2,1-4H3. The molecule has 1 atom stereocenters. The molecule has 0 aliphatic heterocycles. The summed E-state index contributed by atoms with van der Waals surface area (Å²) in [5, 5.41) is 1.08. The molecule has 0 aromatic heterocycles. The summed E-state index contributed by atoms with van der Waals surface area (Å²) >= 11 is 0. The van der Waals surface area contributed by atoms with E-state index >= 15 is 0 Å². The Morgan fingerprint density at radius 3 is 2.29 bits per heavy atom. The average Bonchev–Trinajstić information content (AvgIpc) is 2.22. The van der Waals surface area contributed by atoms with Crippen LogP contribution < -0.4 is 11.6 Å². The highest BCUT2D eigenvalue weighted by Gasteiger charge is 2.15. The van der Waals surface area contributed by atoms with Crippen LogP contribution in [0.3, 0.4) is 0 Å². The molecule has 0 spiro atoms. The lowest BCUT2D eigenvalue weighted by molar-refractivity contribution is -0.130. The number of amides is 1. The molecule has 0 aliphatic carbocycles. The molecule has 4 heteroatoms. The monoisotopic (exact) mass is 235 g/mol. The minimum atomic E-state index is -0.298. The minimum absolute atomic E-state index is 0.157. The van der Waals surface area contributed by atoms with Gasteiger partial charge in [-0.25, -0.2) is 5.84 Å². The third-order valence-electron chi connectivity index (χ3n) is 3.07. The number of aryl methyl sites for hydroxylation is 3. The molecule has 1 amide bonds. The van der Waals surface area contributed by atoms with E-state index in [0.717, 1.165) is 16.1 Å². The summed E-state index contributed by atoms with van der Waals surface area (Å²) in [6, 6.07) is 3.85. The number of carbonyl (C=O) groups excluding carboxylic acids is 1. The maximum Gasteiger partial charge on any atom is 0.238 e. The summed E-state index contributed by atoms with van der Waals surface area (Å²) in [7, 11) is 1.53. The number of benzene rings is 1. The van der Waals surface area contributed by atoms with Crippen LogP contribution in [0.5, 0.6) is 0 Å². The normalized spacial score (nSPS) is 12.4. The van der Waals surface area contributed by atoms with Crippen molar-refractivity contribution in [2.24, 2.45) is 11.6 Å². The van der Waals surface area contributed by atoms with Crippen molar-refractivity contribution in [1.82, 2.24) is 5.01 Å². The van der Waals surface area contributed by atoms with Crippen LogP contribution in [0.15, 0.2) is 12.1 Å². The summed E-state index contributed by atoms with van der Waals surface area (Å²) in [5.41, 5.74) is 10.6. The number of hydrogen-bond acceptors (Lipinski definition) is 3. The van der Waals surface area contributed by atoms with Crippen molar-refractivity contribution < 1.29 is 4.79 Å². The second-order valence-corrected chi connectivity index (χ2v) is 4.61. The second kappa shape index (κ2) is 5.29. The van der Waals surface area contributed by atoms with E-state index in [-0.39, 0.29) is 18.4 Å². The zero-order chi connectivity index (χ0) is 13.2. The van der Waals surface area contributed by atoms with Crippen molar-refractivity contribution in [1.29, 1.82) is 0 Å². The molecule has 0 saturated carbocycles. The molecule has 4 nitrogen and oxygen atoms in total. The van der Waals surface area contributed by atoms with Crippen molar-refractivity contribution in [3.05, 3.63) is 34.4 Å². The van der Waals surface area contributed by atoms with Gasteiger partial charge < -0.3 is 5.73 Å². The fourth-order valence-electron chi connectivity index (χ4n) is 1.82. The van der Waals surface area contributed by atoms with Gasteiger partial charge in [-0.1, -0.05) is 12.1 Å². The first-order valence-electron chi connectivity index (χ1n) is 5.67. The number of hydrogen-bond donors (Lipinski definition) is 2. The van der Waals surface area contributed by atoms with Gasteiger partial charge in [0.2, 0.25) is 5.91 Å². The van der Waals surface area contributed by atoms with E-state index < -0.39 is 0 Å². The molecule has 0 fully saturated rings. The van der Waals surface area contributed by atoms with E-state index in [4.69, 9.17) is 11.6 Å². The molecule has 0 radical (unpaired) electrons. The predicted molar refractivity (Wildman–Crippen MR) is 69.2 cm³/mol. The molecule has 1 aromatic carbocycles. The fraction of sp³-hybridized carbons (Fsp3) is 0.462. The molecule has 1 aromatic rings. The Morgan fingerprint density at radius 1 is 1.24 bits per heavy atom. The largest absolute Gasteiger partial charge is 0.324 e. The fourth-order valence-corrected chi connectivity index (χ4v) is 1.82. The van der Waals surface area contributed by atoms with E-state index in [2.05, 4.69) is 19.1 Å². The summed E-state index contributed by atoms with van der Waals surface area (Å²) in [6.45, 7) is 6.12. The summed E-state index contributed by atoms with van der Waals surface area (Å²) in [6.07, 6.45) is 0.232. The lowest BCUT2D eigenvalue weighted by atomic mass is 9.94. The van der Waals surface area contributed by atoms with Crippen LogP contribution in [0.25, 0.3) is 0 Å². The lowest BCUT2D eigenvalue weighted by Crippen LogP contribution is -2.35. The van der Waals surface area contributed by atoms with Crippen LogP contribution in [0.1, 0.15) is 34.7 Å². The molecule has 0 bridgehead atoms. The second-order valence-electron chi connectivity index (χ2n) is 4.61. The first kappa shape index (κ1) is 13.7. The van der Waals surface area contributed by atoms with Crippen LogP contribution in [-0.4, -0.2) is 18.0 Å². The SMILES string of the molecule is Cc1cc(C)c(C(N)CC(=O)N(C)N)cc1C. The topological polar surface area (TPSA) is 72.4 Å². The molecular formula is C13H21N3O. The van der Waals surface area contributed by atoms with Crippen LogP contribution >= 0.6 is 0 Å². The Labute approximate surface area is 103 Å². The number of rotatable bonds is 3. The summed E-state index contributed by atoms with van der Waals surface area (Å²) in [5.74, 6) is 5.23. The van der Waals surface area contributed by atoms with Gasteiger partial charge in [0.05, 0.1) is 0 Å². The van der Waals surface area contributed by atoms with Gasteiger partial charge in [-0.05, 0) is 43.0 Å². The Hall–Kier alpha value is -1.39. The Morgan fingerprint density at radius 2 is 1.76 bits per heavy atom. The predicted octanol–water partition coefficient (Wildman–Crippen LogP) is 1.33. The summed E-state index contributed by atoms with van der Waals surface area (Å²) in [4.78, 5) is 11.5. The molecule has 0 aliphatic rings.